The van der Waals surface area contributed by atoms with E-state index in [1.807, 2.05) is 131 Å². The Kier molecular flexibility index (Phi) is 11.4. The molecule has 0 radical (unpaired) electrons. The molecule has 8 bridgehead atoms. The largest absolute Gasteiger partial charge is 0.354 e. The number of fused-ring (bicyclic) bond motifs is 9. The molecule has 51 heavy (non-hydrogen) atoms. The lowest BCUT2D eigenvalue weighted by atomic mass is 10.0. The lowest BCUT2D eigenvalue weighted by molar-refractivity contribution is 1.32. The standard InChI is InChI=1S/C37H20Cl6N4.2C2H6/c38-18-4-1-5-19(39)32(18)35-26-12-10-24(44-26)25-11-13-27(45-25)36(33-20(40)6-2-7-21(33)41)29-15-17-31(47-29)37(30-16-14-28(35)46-30)34-22(42)8-3-9-23(34)43;2*1-2/h1-17,44-46H;2*1-2H3. The highest BCUT2D eigenvalue weighted by atomic mass is 35.5. The molecule has 3 aromatic carbocycles. The number of aromatic nitrogens is 4. The van der Waals surface area contributed by atoms with Crippen LogP contribution in [-0.2, 0) is 0 Å². The maximum atomic E-state index is 6.87. The van der Waals surface area contributed by atoms with Crippen LogP contribution in [0.3, 0.4) is 0 Å². The van der Waals surface area contributed by atoms with Gasteiger partial charge in [-0.3, -0.25) is 0 Å². The highest BCUT2D eigenvalue weighted by Crippen LogP contribution is 2.44. The SMILES string of the molecule is CC.CC.Clc1cccc(Cl)c1-c1c2nc(c(-c3c(Cl)cccc3Cl)c3ccc([nH]3)c3ccc([nH]3)c(-c3c(Cl)cccc3Cl)c3ccc1[nH]3)C=C2. The van der Waals surface area contributed by atoms with E-state index >= 15 is 0 Å². The molecule has 10 heteroatoms. The quantitative estimate of drug-likeness (QED) is 0.164. The van der Waals surface area contributed by atoms with E-state index in [2.05, 4.69) is 15.0 Å². The Hall–Kier alpha value is -3.87. The summed E-state index contributed by atoms with van der Waals surface area (Å²) >= 11 is 41.0. The number of halogens is 6. The van der Waals surface area contributed by atoms with E-state index in [-0.39, 0.29) is 0 Å². The number of H-pyrrole nitrogens is 3. The van der Waals surface area contributed by atoms with Gasteiger partial charge in [0.2, 0.25) is 0 Å². The summed E-state index contributed by atoms with van der Waals surface area (Å²) in [7, 11) is 0. The molecule has 0 saturated heterocycles. The molecule has 7 aromatic rings. The summed E-state index contributed by atoms with van der Waals surface area (Å²) in [5.74, 6) is 0. The zero-order valence-electron chi connectivity index (χ0n) is 28.0. The fourth-order valence-corrected chi connectivity index (χ4v) is 7.91. The van der Waals surface area contributed by atoms with Crippen LogP contribution >= 0.6 is 69.6 Å². The summed E-state index contributed by atoms with van der Waals surface area (Å²) < 4.78 is 0. The first-order valence-corrected chi connectivity index (χ1v) is 18.7. The third kappa shape index (κ3) is 6.90. The van der Waals surface area contributed by atoms with Gasteiger partial charge in [-0.05, 0) is 84.9 Å². The van der Waals surface area contributed by atoms with Gasteiger partial charge in [0.25, 0.3) is 0 Å². The molecule has 1 aliphatic heterocycles. The molecule has 8 rings (SSSR count). The molecule has 0 amide bonds. The number of hydrogen-bond donors (Lipinski definition) is 3. The minimum Gasteiger partial charge on any atom is -0.354 e. The van der Waals surface area contributed by atoms with E-state index in [1.54, 1.807) is 0 Å². The van der Waals surface area contributed by atoms with Gasteiger partial charge in [0, 0.05) is 55.4 Å². The van der Waals surface area contributed by atoms with Crippen LogP contribution in [0.5, 0.6) is 0 Å². The van der Waals surface area contributed by atoms with Crippen molar-refractivity contribution < 1.29 is 0 Å². The van der Waals surface area contributed by atoms with E-state index in [9.17, 15) is 0 Å². The number of nitrogens with one attached hydrogen (secondary N) is 3. The van der Waals surface area contributed by atoms with E-state index in [0.29, 0.717) is 63.8 Å². The Labute approximate surface area is 326 Å². The summed E-state index contributed by atoms with van der Waals surface area (Å²) in [5, 5.41) is 2.97. The van der Waals surface area contributed by atoms with E-state index in [1.165, 1.54) is 0 Å². The maximum Gasteiger partial charge on any atom is 0.0738 e. The molecular weight excluding hydrogens is 761 g/mol. The molecule has 0 fully saturated rings. The van der Waals surface area contributed by atoms with Gasteiger partial charge in [0.15, 0.2) is 0 Å². The van der Waals surface area contributed by atoms with Crippen LogP contribution in [0.1, 0.15) is 39.1 Å². The van der Waals surface area contributed by atoms with E-state index in [0.717, 1.165) is 44.2 Å². The highest BCUT2D eigenvalue weighted by molar-refractivity contribution is 6.41. The van der Waals surface area contributed by atoms with Gasteiger partial charge >= 0.3 is 0 Å². The lowest BCUT2D eigenvalue weighted by Gasteiger charge is -2.10. The molecular formula is C41H32Cl6N4. The zero-order valence-corrected chi connectivity index (χ0v) is 32.6. The average Bonchev–Trinajstić information content (AvgIpc) is 3.96. The molecule has 4 aromatic heterocycles. The van der Waals surface area contributed by atoms with Crippen LogP contribution in [0, 0.1) is 0 Å². The Balaban J connectivity index is 0.00000108. The van der Waals surface area contributed by atoms with Gasteiger partial charge < -0.3 is 15.0 Å². The predicted molar refractivity (Wildman–Crippen MR) is 224 cm³/mol. The fourth-order valence-electron chi connectivity index (χ4n) is 6.15. The molecule has 5 heterocycles. The highest BCUT2D eigenvalue weighted by Gasteiger charge is 2.21. The van der Waals surface area contributed by atoms with Gasteiger partial charge in [0.05, 0.1) is 52.6 Å². The summed E-state index contributed by atoms with van der Waals surface area (Å²) in [6.45, 7) is 8.00. The maximum absolute atomic E-state index is 6.87. The van der Waals surface area contributed by atoms with Crippen LogP contribution in [0.25, 0.3) is 78.6 Å². The van der Waals surface area contributed by atoms with Gasteiger partial charge in [-0.1, -0.05) is 115 Å². The smallest absolute Gasteiger partial charge is 0.0738 e. The Morgan fingerprint density at radius 2 is 0.588 bits per heavy atom. The van der Waals surface area contributed by atoms with Crippen molar-refractivity contribution in [2.75, 3.05) is 0 Å². The number of benzene rings is 3. The second-order valence-electron chi connectivity index (χ2n) is 11.0. The van der Waals surface area contributed by atoms with Crippen LogP contribution in [0.4, 0.5) is 0 Å². The van der Waals surface area contributed by atoms with Crippen molar-refractivity contribution in [1.82, 2.24) is 19.9 Å². The molecule has 258 valence electrons. The third-order valence-corrected chi connectivity index (χ3v) is 10.1. The molecule has 0 aliphatic carbocycles. The minimum atomic E-state index is 0.478. The first-order valence-electron chi connectivity index (χ1n) is 16.5. The van der Waals surface area contributed by atoms with Gasteiger partial charge in [-0.2, -0.15) is 0 Å². The Morgan fingerprint density at radius 3 is 0.922 bits per heavy atom. The summed E-state index contributed by atoms with van der Waals surface area (Å²) in [5.41, 5.74) is 10.3. The molecule has 1 aliphatic rings. The van der Waals surface area contributed by atoms with Crippen molar-refractivity contribution >= 4 is 115 Å². The zero-order chi connectivity index (χ0) is 36.4. The van der Waals surface area contributed by atoms with Crippen molar-refractivity contribution in [3.63, 3.8) is 0 Å². The summed E-state index contributed by atoms with van der Waals surface area (Å²) in [4.78, 5) is 16.0. The number of nitrogens with zero attached hydrogens (tertiary/aromatic N) is 1. The predicted octanol–water partition coefficient (Wildman–Crippen LogP) is 15.7. The molecule has 4 nitrogen and oxygen atoms in total. The van der Waals surface area contributed by atoms with Crippen molar-refractivity contribution in [3.8, 4) is 33.4 Å². The van der Waals surface area contributed by atoms with Crippen LogP contribution < -0.4 is 0 Å². The average molecular weight is 793 g/mol. The monoisotopic (exact) mass is 790 g/mol. The summed E-state index contributed by atoms with van der Waals surface area (Å²) in [6, 6.07) is 28.3. The van der Waals surface area contributed by atoms with Crippen molar-refractivity contribution in [3.05, 3.63) is 133 Å². The second-order valence-corrected chi connectivity index (χ2v) is 13.4. The molecule has 0 atom stereocenters. The van der Waals surface area contributed by atoms with E-state index < -0.39 is 0 Å². The van der Waals surface area contributed by atoms with E-state index in [4.69, 9.17) is 74.6 Å². The van der Waals surface area contributed by atoms with Gasteiger partial charge in [-0.15, -0.1) is 0 Å². The normalized spacial score (nSPS) is 11.3. The van der Waals surface area contributed by atoms with Gasteiger partial charge in [-0.25, -0.2) is 4.98 Å². The van der Waals surface area contributed by atoms with Crippen LogP contribution in [0.2, 0.25) is 30.1 Å². The molecule has 3 N–H and O–H groups in total. The van der Waals surface area contributed by atoms with Gasteiger partial charge in [0.1, 0.15) is 0 Å². The molecule has 0 unspecified atom stereocenters. The first-order chi connectivity index (χ1) is 24.8. The van der Waals surface area contributed by atoms with Crippen LogP contribution in [-0.4, -0.2) is 19.9 Å². The van der Waals surface area contributed by atoms with Crippen molar-refractivity contribution in [2.45, 2.75) is 27.7 Å². The topological polar surface area (TPSA) is 60.3 Å². The lowest BCUT2D eigenvalue weighted by Crippen LogP contribution is -1.90. The minimum absolute atomic E-state index is 0.478. The number of hydrogen-bond acceptors (Lipinski definition) is 1. The fraction of sp³-hybridized carbons (Fsp3) is 0.0976. The number of aromatic amines is 3. The Bertz CT molecular complexity index is 2500. The van der Waals surface area contributed by atoms with Crippen molar-refractivity contribution in [1.29, 1.82) is 0 Å². The second kappa shape index (κ2) is 15.8. The molecule has 0 spiro atoms. The summed E-state index contributed by atoms with van der Waals surface area (Å²) in [6.07, 6.45) is 3.89. The molecule has 0 saturated carbocycles. The van der Waals surface area contributed by atoms with Crippen LogP contribution in [0.15, 0.2) is 91.0 Å². The number of rotatable bonds is 3. The van der Waals surface area contributed by atoms with Crippen molar-refractivity contribution in [2.24, 2.45) is 0 Å². The third-order valence-electron chi connectivity index (χ3n) is 8.22. The Morgan fingerprint density at radius 1 is 0.333 bits per heavy atom. The first kappa shape index (κ1) is 36.9.